The van der Waals surface area contributed by atoms with Crippen molar-refractivity contribution in [1.29, 1.82) is 0 Å². The molecule has 2 aromatic heterocycles. The molecule has 1 aromatic carbocycles. The Morgan fingerprint density at radius 1 is 1.03 bits per heavy atom. The fraction of sp³-hybridized carbons (Fsp3) is 0.348. The van der Waals surface area contributed by atoms with Crippen LogP contribution in [0.2, 0.25) is 0 Å². The van der Waals surface area contributed by atoms with Gasteiger partial charge in [-0.3, -0.25) is 4.79 Å². The summed E-state index contributed by atoms with van der Waals surface area (Å²) in [6, 6.07) is 7.28. The maximum absolute atomic E-state index is 12.6. The van der Waals surface area contributed by atoms with Crippen LogP contribution < -0.4 is 10.1 Å². The van der Waals surface area contributed by atoms with Gasteiger partial charge >= 0.3 is 11.9 Å². The fourth-order valence-electron chi connectivity index (χ4n) is 3.03. The van der Waals surface area contributed by atoms with E-state index >= 15 is 0 Å². The zero-order chi connectivity index (χ0) is 25.4. The van der Waals surface area contributed by atoms with Crippen LogP contribution in [0.5, 0.6) is 5.75 Å². The van der Waals surface area contributed by atoms with E-state index in [1.807, 2.05) is 19.1 Å². The van der Waals surface area contributed by atoms with Crippen molar-refractivity contribution in [2.45, 2.75) is 32.9 Å². The Morgan fingerprint density at radius 2 is 1.74 bits per heavy atom. The highest BCUT2D eigenvalue weighted by Crippen LogP contribution is 2.35. The minimum atomic E-state index is -0.630. The number of thioether (sulfide) groups is 1. The third-order valence-electron chi connectivity index (χ3n) is 4.49. The minimum Gasteiger partial charge on any atom is -0.493 e. The molecule has 0 aliphatic carbocycles. The molecule has 0 fully saturated rings. The number of aromatic nitrogens is 2. The van der Waals surface area contributed by atoms with Gasteiger partial charge in [0.1, 0.15) is 15.6 Å². The standard InChI is InChI=1S/C23H25N3O7S2/c1-5-30-15-11-9-8-10-14(15)19-25-26-23(33-19)34-12-16(27)24-20-17(21(28)31-6-2)13(4)18(35-20)22(29)32-7-3/h8-11H,5-7,12H2,1-4H3,(H,24,27). The number of esters is 2. The van der Waals surface area contributed by atoms with Crippen molar-refractivity contribution in [3.05, 3.63) is 40.3 Å². The molecule has 0 aliphatic rings. The molecule has 10 nitrogen and oxygen atoms in total. The predicted molar refractivity (Wildman–Crippen MR) is 131 cm³/mol. The van der Waals surface area contributed by atoms with Gasteiger partial charge in [0.15, 0.2) is 0 Å². The zero-order valence-corrected chi connectivity index (χ0v) is 21.3. The first kappa shape index (κ1) is 26.2. The highest BCUT2D eigenvalue weighted by atomic mass is 32.2. The summed E-state index contributed by atoms with van der Waals surface area (Å²) in [5.74, 6) is -0.801. The summed E-state index contributed by atoms with van der Waals surface area (Å²) >= 11 is 2.00. The zero-order valence-electron chi connectivity index (χ0n) is 19.7. The van der Waals surface area contributed by atoms with E-state index in [0.717, 1.165) is 23.1 Å². The number of hydrogen-bond donors (Lipinski definition) is 1. The highest BCUT2D eigenvalue weighted by Gasteiger charge is 2.27. The molecule has 0 unspecified atom stereocenters. The molecule has 0 aliphatic heterocycles. The van der Waals surface area contributed by atoms with Crippen molar-refractivity contribution in [1.82, 2.24) is 10.2 Å². The number of rotatable bonds is 11. The van der Waals surface area contributed by atoms with Crippen LogP contribution in [0, 0.1) is 6.92 Å². The molecule has 1 N–H and O–H groups in total. The fourth-order valence-corrected chi connectivity index (χ4v) is 4.70. The summed E-state index contributed by atoms with van der Waals surface area (Å²) in [5.41, 5.74) is 1.17. The largest absolute Gasteiger partial charge is 0.493 e. The third-order valence-corrected chi connectivity index (χ3v) is 6.50. The van der Waals surface area contributed by atoms with E-state index < -0.39 is 17.8 Å². The van der Waals surface area contributed by atoms with Crippen molar-refractivity contribution < 1.29 is 33.0 Å². The quantitative estimate of drug-likeness (QED) is 0.283. The number of amides is 1. The van der Waals surface area contributed by atoms with Crippen molar-refractivity contribution in [3.63, 3.8) is 0 Å². The van der Waals surface area contributed by atoms with Crippen LogP contribution in [0.15, 0.2) is 33.9 Å². The number of carbonyl (C=O) groups is 3. The third kappa shape index (κ3) is 6.40. The number of benzene rings is 1. The lowest BCUT2D eigenvalue weighted by Gasteiger charge is -2.06. The first-order chi connectivity index (χ1) is 16.9. The molecule has 2 heterocycles. The number of para-hydroxylation sites is 1. The molecule has 0 spiro atoms. The Balaban J connectivity index is 1.72. The average Bonchev–Trinajstić information content (AvgIpc) is 3.43. The molecule has 0 saturated heterocycles. The minimum absolute atomic E-state index is 0.0668. The Kier molecular flexibility index (Phi) is 9.26. The van der Waals surface area contributed by atoms with Crippen LogP contribution in [0.1, 0.15) is 46.4 Å². The Labute approximate surface area is 210 Å². The van der Waals surface area contributed by atoms with E-state index in [1.165, 1.54) is 0 Å². The van der Waals surface area contributed by atoms with Gasteiger partial charge in [-0.1, -0.05) is 23.9 Å². The molecule has 0 radical (unpaired) electrons. The number of nitrogens with zero attached hydrogens (tertiary/aromatic N) is 2. The molecule has 0 saturated carbocycles. The number of nitrogens with one attached hydrogen (secondary N) is 1. The van der Waals surface area contributed by atoms with Gasteiger partial charge in [-0.05, 0) is 45.4 Å². The first-order valence-corrected chi connectivity index (χ1v) is 12.7. The average molecular weight is 520 g/mol. The summed E-state index contributed by atoms with van der Waals surface area (Å²) < 4.78 is 21.4. The molecule has 3 rings (SSSR count). The lowest BCUT2D eigenvalue weighted by Crippen LogP contribution is -2.16. The van der Waals surface area contributed by atoms with Crippen molar-refractivity contribution in [3.8, 4) is 17.2 Å². The molecular formula is C23H25N3O7S2. The Morgan fingerprint density at radius 3 is 2.46 bits per heavy atom. The predicted octanol–water partition coefficient (Wildman–Crippen LogP) is 4.59. The summed E-state index contributed by atoms with van der Waals surface area (Å²) in [5, 5.41) is 11.1. The first-order valence-electron chi connectivity index (χ1n) is 10.8. The number of thiophene rings is 1. The molecule has 0 atom stereocenters. The van der Waals surface area contributed by atoms with Gasteiger partial charge < -0.3 is 23.9 Å². The topological polar surface area (TPSA) is 130 Å². The summed E-state index contributed by atoms with van der Waals surface area (Å²) in [6.07, 6.45) is 0. The van der Waals surface area contributed by atoms with Crippen LogP contribution >= 0.6 is 23.1 Å². The number of carbonyl (C=O) groups excluding carboxylic acids is 3. The van der Waals surface area contributed by atoms with Gasteiger partial charge in [0.25, 0.3) is 11.1 Å². The lowest BCUT2D eigenvalue weighted by atomic mass is 10.1. The van der Waals surface area contributed by atoms with Crippen molar-refractivity contribution in [2.75, 3.05) is 30.9 Å². The molecule has 186 valence electrons. The second-order valence-electron chi connectivity index (χ2n) is 6.84. The van der Waals surface area contributed by atoms with E-state index in [-0.39, 0.29) is 45.5 Å². The van der Waals surface area contributed by atoms with Crippen LogP contribution in [0.25, 0.3) is 11.5 Å². The van der Waals surface area contributed by atoms with Gasteiger partial charge in [0.2, 0.25) is 5.91 Å². The van der Waals surface area contributed by atoms with E-state index in [9.17, 15) is 14.4 Å². The monoisotopic (exact) mass is 519 g/mol. The maximum Gasteiger partial charge on any atom is 0.348 e. The molecular weight excluding hydrogens is 494 g/mol. The molecule has 35 heavy (non-hydrogen) atoms. The molecule has 0 bridgehead atoms. The molecule has 12 heteroatoms. The van der Waals surface area contributed by atoms with Gasteiger partial charge in [-0.15, -0.1) is 21.5 Å². The SMILES string of the molecule is CCOC(=O)c1sc(NC(=O)CSc2nnc(-c3ccccc3OCC)o2)c(C(=O)OCC)c1C. The summed E-state index contributed by atoms with van der Waals surface area (Å²) in [6.45, 7) is 7.67. The Bertz CT molecular complexity index is 1210. The van der Waals surface area contributed by atoms with Crippen molar-refractivity contribution >= 4 is 45.9 Å². The van der Waals surface area contributed by atoms with Crippen LogP contribution in [0.4, 0.5) is 5.00 Å². The second kappa shape index (κ2) is 12.4. The van der Waals surface area contributed by atoms with Crippen LogP contribution in [0.3, 0.4) is 0 Å². The smallest absolute Gasteiger partial charge is 0.348 e. The summed E-state index contributed by atoms with van der Waals surface area (Å²) in [4.78, 5) is 37.6. The van der Waals surface area contributed by atoms with E-state index in [2.05, 4.69) is 15.5 Å². The molecule has 1 amide bonds. The van der Waals surface area contributed by atoms with Gasteiger partial charge in [-0.25, -0.2) is 9.59 Å². The van der Waals surface area contributed by atoms with Crippen molar-refractivity contribution in [2.24, 2.45) is 0 Å². The normalized spacial score (nSPS) is 10.6. The van der Waals surface area contributed by atoms with Gasteiger partial charge in [-0.2, -0.15) is 0 Å². The lowest BCUT2D eigenvalue weighted by molar-refractivity contribution is -0.113. The van der Waals surface area contributed by atoms with Gasteiger partial charge in [0.05, 0.1) is 36.7 Å². The number of anilines is 1. The highest BCUT2D eigenvalue weighted by molar-refractivity contribution is 7.99. The second-order valence-corrected chi connectivity index (χ2v) is 8.79. The maximum atomic E-state index is 12.6. The Hall–Kier alpha value is -3.38. The van der Waals surface area contributed by atoms with Gasteiger partial charge in [0, 0.05) is 0 Å². The van der Waals surface area contributed by atoms with E-state index in [0.29, 0.717) is 23.5 Å². The number of hydrogen-bond acceptors (Lipinski definition) is 11. The van der Waals surface area contributed by atoms with Crippen LogP contribution in [-0.4, -0.2) is 53.6 Å². The number of ether oxygens (including phenoxy) is 3. The van der Waals surface area contributed by atoms with Crippen LogP contribution in [-0.2, 0) is 14.3 Å². The van der Waals surface area contributed by atoms with E-state index in [1.54, 1.807) is 32.9 Å². The van der Waals surface area contributed by atoms with E-state index in [4.69, 9.17) is 18.6 Å². The molecule has 3 aromatic rings. The summed E-state index contributed by atoms with van der Waals surface area (Å²) in [7, 11) is 0.